The fourth-order valence-electron chi connectivity index (χ4n) is 1.47. The van der Waals surface area contributed by atoms with Crippen LogP contribution in [0.25, 0.3) is 0 Å². The molecule has 0 bridgehead atoms. The van der Waals surface area contributed by atoms with Gasteiger partial charge in [-0.3, -0.25) is 4.79 Å². The van der Waals surface area contributed by atoms with Gasteiger partial charge in [0.25, 0.3) is 0 Å². The van der Waals surface area contributed by atoms with E-state index < -0.39 is 11.6 Å². The molecule has 1 aromatic carbocycles. The van der Waals surface area contributed by atoms with Gasteiger partial charge in [0.2, 0.25) is 5.91 Å². The number of nitrogens with zero attached hydrogens (tertiary/aromatic N) is 1. The lowest BCUT2D eigenvalue weighted by Gasteiger charge is -2.20. The lowest BCUT2D eigenvalue weighted by atomic mass is 10.3. The Bertz CT molecular complexity index is 493. The van der Waals surface area contributed by atoms with E-state index in [1.54, 1.807) is 0 Å². The van der Waals surface area contributed by atoms with Crippen LogP contribution in [-0.2, 0) is 4.79 Å². The molecule has 0 atom stereocenters. The predicted octanol–water partition coefficient (Wildman–Crippen LogP) is 3.26. The highest BCUT2D eigenvalue weighted by molar-refractivity contribution is 8.23. The Morgan fingerprint density at radius 1 is 1.30 bits per heavy atom. The SMILES string of the molecule is CCN(CC)C(=S)SCC(=O)Nc1ccc(F)c(F)c1. The summed E-state index contributed by atoms with van der Waals surface area (Å²) in [5, 5.41) is 2.50. The summed E-state index contributed by atoms with van der Waals surface area (Å²) in [7, 11) is 0. The van der Waals surface area contributed by atoms with Crippen LogP contribution in [0.15, 0.2) is 18.2 Å². The highest BCUT2D eigenvalue weighted by Gasteiger charge is 2.10. The largest absolute Gasteiger partial charge is 0.358 e. The van der Waals surface area contributed by atoms with Crippen molar-refractivity contribution < 1.29 is 13.6 Å². The van der Waals surface area contributed by atoms with Crippen LogP contribution in [-0.4, -0.2) is 34.0 Å². The molecule has 20 heavy (non-hydrogen) atoms. The maximum atomic E-state index is 13.0. The van der Waals surface area contributed by atoms with E-state index in [0.29, 0.717) is 4.32 Å². The molecule has 0 fully saturated rings. The van der Waals surface area contributed by atoms with Crippen molar-refractivity contribution in [1.29, 1.82) is 0 Å². The van der Waals surface area contributed by atoms with Crippen molar-refractivity contribution in [3.8, 4) is 0 Å². The molecule has 1 amide bonds. The summed E-state index contributed by atoms with van der Waals surface area (Å²) in [6.07, 6.45) is 0. The number of amides is 1. The molecule has 1 rings (SSSR count). The van der Waals surface area contributed by atoms with E-state index >= 15 is 0 Å². The van der Waals surface area contributed by atoms with Crippen molar-refractivity contribution in [2.24, 2.45) is 0 Å². The van der Waals surface area contributed by atoms with Crippen molar-refractivity contribution in [3.63, 3.8) is 0 Å². The molecule has 0 aliphatic rings. The van der Waals surface area contributed by atoms with Crippen LogP contribution in [0, 0.1) is 11.6 Å². The number of anilines is 1. The maximum absolute atomic E-state index is 13.0. The number of thiocarbonyl (C=S) groups is 1. The molecule has 0 heterocycles. The standard InChI is InChI=1S/C13H16F2N2OS2/c1-3-17(4-2)13(19)20-8-12(18)16-9-5-6-10(14)11(15)7-9/h5-7H,3-4,8H2,1-2H3,(H,16,18). The van der Waals surface area contributed by atoms with Gasteiger partial charge in [-0.1, -0.05) is 24.0 Å². The highest BCUT2D eigenvalue weighted by atomic mass is 32.2. The van der Waals surface area contributed by atoms with Gasteiger partial charge in [-0.2, -0.15) is 0 Å². The summed E-state index contributed by atoms with van der Waals surface area (Å²) in [5.41, 5.74) is 0.225. The molecule has 0 unspecified atom stereocenters. The molecular formula is C13H16F2N2OS2. The summed E-state index contributed by atoms with van der Waals surface area (Å²) in [5.74, 6) is -2.11. The Kier molecular flexibility index (Phi) is 6.87. The molecule has 1 N–H and O–H groups in total. The van der Waals surface area contributed by atoms with E-state index in [0.717, 1.165) is 25.2 Å². The summed E-state index contributed by atoms with van der Waals surface area (Å²) in [6, 6.07) is 3.23. The normalized spacial score (nSPS) is 10.2. The van der Waals surface area contributed by atoms with Gasteiger partial charge in [0.15, 0.2) is 11.6 Å². The second-order valence-corrected chi connectivity index (χ2v) is 5.51. The summed E-state index contributed by atoms with van der Waals surface area (Å²) in [6.45, 7) is 5.54. The lowest BCUT2D eigenvalue weighted by molar-refractivity contribution is -0.113. The van der Waals surface area contributed by atoms with E-state index in [1.165, 1.54) is 17.8 Å². The topological polar surface area (TPSA) is 32.3 Å². The van der Waals surface area contributed by atoms with Crippen LogP contribution in [0.2, 0.25) is 0 Å². The van der Waals surface area contributed by atoms with Crippen molar-refractivity contribution in [2.45, 2.75) is 13.8 Å². The van der Waals surface area contributed by atoms with Crippen LogP contribution in [0.4, 0.5) is 14.5 Å². The van der Waals surface area contributed by atoms with Crippen molar-refractivity contribution >= 4 is 39.9 Å². The molecule has 7 heteroatoms. The van der Waals surface area contributed by atoms with E-state index in [9.17, 15) is 13.6 Å². The van der Waals surface area contributed by atoms with Crippen LogP contribution >= 0.6 is 24.0 Å². The molecule has 0 saturated heterocycles. The third-order valence-electron chi connectivity index (χ3n) is 2.55. The molecule has 0 aliphatic heterocycles. The first kappa shape index (κ1) is 16.8. The first-order valence-electron chi connectivity index (χ1n) is 6.14. The van der Waals surface area contributed by atoms with Crippen molar-refractivity contribution in [3.05, 3.63) is 29.8 Å². The van der Waals surface area contributed by atoms with Gasteiger partial charge in [0.1, 0.15) is 4.32 Å². The number of nitrogens with one attached hydrogen (secondary N) is 1. The summed E-state index contributed by atoms with van der Waals surface area (Å²) in [4.78, 5) is 13.6. The molecule has 3 nitrogen and oxygen atoms in total. The van der Waals surface area contributed by atoms with Crippen LogP contribution in [0.3, 0.4) is 0 Å². The zero-order chi connectivity index (χ0) is 15.1. The van der Waals surface area contributed by atoms with E-state index in [2.05, 4.69) is 5.32 Å². The van der Waals surface area contributed by atoms with Crippen molar-refractivity contribution in [1.82, 2.24) is 4.90 Å². The Balaban J connectivity index is 2.47. The molecule has 0 aliphatic carbocycles. The molecule has 110 valence electrons. The van der Waals surface area contributed by atoms with Gasteiger partial charge in [0.05, 0.1) is 5.75 Å². The molecule has 1 aromatic rings. The maximum Gasteiger partial charge on any atom is 0.234 e. The minimum Gasteiger partial charge on any atom is -0.358 e. The Morgan fingerprint density at radius 2 is 1.95 bits per heavy atom. The molecule has 0 spiro atoms. The van der Waals surface area contributed by atoms with Crippen LogP contribution in [0.5, 0.6) is 0 Å². The third-order valence-corrected chi connectivity index (χ3v) is 4.08. The second kappa shape index (κ2) is 8.16. The molecule has 0 radical (unpaired) electrons. The number of benzene rings is 1. The number of rotatable bonds is 5. The Hall–Kier alpha value is -1.21. The van der Waals surface area contributed by atoms with E-state index in [1.807, 2.05) is 18.7 Å². The zero-order valence-corrected chi connectivity index (χ0v) is 12.9. The van der Waals surface area contributed by atoms with Crippen LogP contribution in [0.1, 0.15) is 13.8 Å². The minimum atomic E-state index is -0.992. The van der Waals surface area contributed by atoms with Gasteiger partial charge in [-0.15, -0.1) is 0 Å². The number of carbonyl (C=O) groups excluding carboxylic acids is 1. The first-order chi connectivity index (χ1) is 9.47. The second-order valence-electron chi connectivity index (χ2n) is 3.90. The zero-order valence-electron chi connectivity index (χ0n) is 11.3. The van der Waals surface area contributed by atoms with E-state index in [-0.39, 0.29) is 17.3 Å². The number of halogens is 2. The smallest absolute Gasteiger partial charge is 0.234 e. The quantitative estimate of drug-likeness (QED) is 0.845. The fraction of sp³-hybridized carbons (Fsp3) is 0.385. The molecule has 0 aromatic heterocycles. The number of thioether (sulfide) groups is 1. The molecular weight excluding hydrogens is 302 g/mol. The number of hydrogen-bond acceptors (Lipinski definition) is 3. The average Bonchev–Trinajstić information content (AvgIpc) is 2.42. The monoisotopic (exact) mass is 318 g/mol. The fourth-order valence-corrected chi connectivity index (χ4v) is 2.67. The van der Waals surface area contributed by atoms with Gasteiger partial charge < -0.3 is 10.2 Å². The van der Waals surface area contributed by atoms with E-state index in [4.69, 9.17) is 12.2 Å². The van der Waals surface area contributed by atoms with Gasteiger partial charge in [0, 0.05) is 24.8 Å². The van der Waals surface area contributed by atoms with Gasteiger partial charge >= 0.3 is 0 Å². The third kappa shape index (κ3) is 5.05. The van der Waals surface area contributed by atoms with Crippen molar-refractivity contribution in [2.75, 3.05) is 24.2 Å². The average molecular weight is 318 g/mol. The van der Waals surface area contributed by atoms with Gasteiger partial charge in [-0.05, 0) is 26.0 Å². The predicted molar refractivity (Wildman–Crippen MR) is 83.0 cm³/mol. The summed E-state index contributed by atoms with van der Waals surface area (Å²) < 4.78 is 26.4. The first-order valence-corrected chi connectivity index (χ1v) is 7.53. The van der Waals surface area contributed by atoms with Gasteiger partial charge in [-0.25, -0.2) is 8.78 Å². The minimum absolute atomic E-state index is 0.133. The lowest BCUT2D eigenvalue weighted by Crippen LogP contribution is -2.28. The molecule has 0 saturated carbocycles. The Morgan fingerprint density at radius 3 is 2.50 bits per heavy atom. The number of carbonyl (C=O) groups is 1. The highest BCUT2D eigenvalue weighted by Crippen LogP contribution is 2.14. The van der Waals surface area contributed by atoms with Crippen LogP contribution < -0.4 is 5.32 Å². The summed E-state index contributed by atoms with van der Waals surface area (Å²) >= 11 is 6.44. The Labute approximate surface area is 126 Å². The number of hydrogen-bond donors (Lipinski definition) is 1.